The van der Waals surface area contributed by atoms with E-state index >= 15 is 0 Å². The Balaban J connectivity index is 1.73. The Labute approximate surface area is 134 Å². The lowest BCUT2D eigenvalue weighted by Gasteiger charge is -2.31. The summed E-state index contributed by atoms with van der Waals surface area (Å²) in [5.74, 6) is -0.154. The molecule has 1 aliphatic rings. The number of aromatic nitrogens is 2. The second-order valence-electron chi connectivity index (χ2n) is 5.65. The predicted molar refractivity (Wildman–Crippen MR) is 83.5 cm³/mol. The molecule has 1 saturated heterocycles. The molecular formula is C17H18N4O2. The molecule has 2 aromatic rings. The van der Waals surface area contributed by atoms with Gasteiger partial charge >= 0.3 is 0 Å². The largest absolute Gasteiger partial charge is 0.371 e. The number of carbonyl (C=O) groups is 1. The fraction of sp³-hybridized carbons (Fsp3) is 0.353. The number of nitrogens with one attached hydrogen (secondary N) is 1. The zero-order valence-corrected chi connectivity index (χ0v) is 12.9. The van der Waals surface area contributed by atoms with Crippen LogP contribution in [-0.2, 0) is 11.8 Å². The number of ether oxygens (including phenoxy) is 1. The van der Waals surface area contributed by atoms with Gasteiger partial charge in [-0.15, -0.1) is 0 Å². The summed E-state index contributed by atoms with van der Waals surface area (Å²) in [7, 11) is 1.86. The standard InChI is InChI=1S/C17H18N4O2/c1-21-11-14(10-19-21)16-15(3-2-8-23-16)20-17(22)13-6-4-12(9-18)5-7-13/h4-7,10-11,15-16H,2-3,8H2,1H3,(H,20,22)/t15-,16+/m0/s1. The first-order valence-corrected chi connectivity index (χ1v) is 7.58. The van der Waals surface area contributed by atoms with E-state index in [1.54, 1.807) is 35.1 Å². The second kappa shape index (κ2) is 6.63. The molecule has 1 aromatic heterocycles. The maximum Gasteiger partial charge on any atom is 0.251 e. The fourth-order valence-corrected chi connectivity index (χ4v) is 2.79. The van der Waals surface area contributed by atoms with Gasteiger partial charge in [-0.1, -0.05) is 0 Å². The minimum Gasteiger partial charge on any atom is -0.371 e. The molecule has 23 heavy (non-hydrogen) atoms. The molecule has 3 rings (SSSR count). The number of nitriles is 1. The maximum atomic E-state index is 12.4. The monoisotopic (exact) mass is 310 g/mol. The topological polar surface area (TPSA) is 79.9 Å². The molecule has 1 aromatic carbocycles. The van der Waals surface area contributed by atoms with Gasteiger partial charge in [0.25, 0.3) is 5.91 Å². The van der Waals surface area contributed by atoms with Crippen LogP contribution in [0.2, 0.25) is 0 Å². The molecule has 0 radical (unpaired) electrons. The van der Waals surface area contributed by atoms with E-state index in [2.05, 4.69) is 10.4 Å². The minimum absolute atomic E-state index is 0.0870. The van der Waals surface area contributed by atoms with Crippen molar-refractivity contribution < 1.29 is 9.53 Å². The van der Waals surface area contributed by atoms with Crippen molar-refractivity contribution in [2.24, 2.45) is 7.05 Å². The van der Waals surface area contributed by atoms with Gasteiger partial charge in [0.1, 0.15) is 6.10 Å². The molecule has 0 saturated carbocycles. The van der Waals surface area contributed by atoms with Crippen molar-refractivity contribution in [3.05, 3.63) is 53.3 Å². The SMILES string of the molecule is Cn1cc([C@H]2OCCC[C@@H]2NC(=O)c2ccc(C#N)cc2)cn1. The summed E-state index contributed by atoms with van der Waals surface area (Å²) in [4.78, 5) is 12.4. The molecule has 1 amide bonds. The van der Waals surface area contributed by atoms with E-state index in [0.29, 0.717) is 17.7 Å². The van der Waals surface area contributed by atoms with Crippen molar-refractivity contribution in [3.8, 4) is 6.07 Å². The summed E-state index contributed by atoms with van der Waals surface area (Å²) in [6.07, 6.45) is 5.28. The van der Waals surface area contributed by atoms with E-state index in [4.69, 9.17) is 10.00 Å². The number of amides is 1. The molecule has 1 fully saturated rings. The molecule has 1 aliphatic heterocycles. The van der Waals surface area contributed by atoms with Gasteiger partial charge in [0, 0.05) is 31.0 Å². The Morgan fingerprint density at radius 3 is 2.87 bits per heavy atom. The third kappa shape index (κ3) is 3.41. The number of aryl methyl sites for hydroxylation is 1. The lowest BCUT2D eigenvalue weighted by atomic mass is 9.97. The first-order chi connectivity index (χ1) is 11.2. The molecule has 0 spiro atoms. The van der Waals surface area contributed by atoms with Crippen LogP contribution in [0.5, 0.6) is 0 Å². The van der Waals surface area contributed by atoms with E-state index in [1.165, 1.54) is 0 Å². The fourth-order valence-electron chi connectivity index (χ4n) is 2.79. The van der Waals surface area contributed by atoms with Crippen LogP contribution in [0.3, 0.4) is 0 Å². The van der Waals surface area contributed by atoms with Gasteiger partial charge in [0.05, 0.1) is 23.9 Å². The van der Waals surface area contributed by atoms with Gasteiger partial charge in [-0.25, -0.2) is 0 Å². The van der Waals surface area contributed by atoms with Gasteiger partial charge < -0.3 is 10.1 Å². The van der Waals surface area contributed by atoms with Crippen LogP contribution in [0.15, 0.2) is 36.7 Å². The highest BCUT2D eigenvalue weighted by molar-refractivity contribution is 5.94. The Kier molecular flexibility index (Phi) is 4.40. The molecule has 6 heteroatoms. The third-order valence-electron chi connectivity index (χ3n) is 3.97. The lowest BCUT2D eigenvalue weighted by molar-refractivity contribution is -0.00949. The normalized spacial score (nSPS) is 20.7. The van der Waals surface area contributed by atoms with E-state index in [0.717, 1.165) is 18.4 Å². The van der Waals surface area contributed by atoms with Crippen molar-refractivity contribution in [1.82, 2.24) is 15.1 Å². The quantitative estimate of drug-likeness (QED) is 0.939. The number of carbonyl (C=O) groups excluding carboxylic acids is 1. The van der Waals surface area contributed by atoms with Crippen molar-refractivity contribution in [2.45, 2.75) is 25.0 Å². The third-order valence-corrected chi connectivity index (χ3v) is 3.97. The summed E-state index contributed by atoms with van der Waals surface area (Å²) >= 11 is 0. The summed E-state index contributed by atoms with van der Waals surface area (Å²) in [5.41, 5.74) is 2.05. The van der Waals surface area contributed by atoms with Crippen LogP contribution < -0.4 is 5.32 Å². The number of benzene rings is 1. The van der Waals surface area contributed by atoms with Crippen molar-refractivity contribution in [2.75, 3.05) is 6.61 Å². The molecule has 2 atom stereocenters. The maximum absolute atomic E-state index is 12.4. The summed E-state index contributed by atoms with van der Waals surface area (Å²) in [6.45, 7) is 0.683. The van der Waals surface area contributed by atoms with Gasteiger partial charge in [-0.05, 0) is 37.1 Å². The minimum atomic E-state index is -0.181. The van der Waals surface area contributed by atoms with Crippen molar-refractivity contribution in [3.63, 3.8) is 0 Å². The molecule has 0 aliphatic carbocycles. The molecular weight excluding hydrogens is 292 g/mol. The highest BCUT2D eigenvalue weighted by Crippen LogP contribution is 2.28. The first kappa shape index (κ1) is 15.3. The van der Waals surface area contributed by atoms with Crippen molar-refractivity contribution in [1.29, 1.82) is 5.26 Å². The van der Waals surface area contributed by atoms with E-state index in [9.17, 15) is 4.79 Å². The first-order valence-electron chi connectivity index (χ1n) is 7.58. The predicted octanol–water partition coefficient (Wildman–Crippen LogP) is 1.94. The zero-order valence-electron chi connectivity index (χ0n) is 12.9. The Morgan fingerprint density at radius 2 is 2.22 bits per heavy atom. The average molecular weight is 310 g/mol. The van der Waals surface area contributed by atoms with E-state index in [1.807, 2.05) is 19.3 Å². The number of hydrogen-bond acceptors (Lipinski definition) is 4. The molecule has 1 N–H and O–H groups in total. The van der Waals surface area contributed by atoms with Crippen LogP contribution in [0.1, 0.15) is 40.4 Å². The van der Waals surface area contributed by atoms with Gasteiger partial charge in [-0.3, -0.25) is 9.48 Å². The van der Waals surface area contributed by atoms with E-state index < -0.39 is 0 Å². The molecule has 0 bridgehead atoms. The van der Waals surface area contributed by atoms with Crippen LogP contribution in [0.25, 0.3) is 0 Å². The highest BCUT2D eigenvalue weighted by atomic mass is 16.5. The average Bonchev–Trinajstić information content (AvgIpc) is 3.01. The molecule has 6 nitrogen and oxygen atoms in total. The molecule has 118 valence electrons. The smallest absolute Gasteiger partial charge is 0.251 e. The number of rotatable bonds is 3. The molecule has 0 unspecified atom stereocenters. The number of hydrogen-bond donors (Lipinski definition) is 1. The second-order valence-corrected chi connectivity index (χ2v) is 5.65. The lowest BCUT2D eigenvalue weighted by Crippen LogP contribution is -2.42. The van der Waals surface area contributed by atoms with Crippen LogP contribution in [0, 0.1) is 11.3 Å². The summed E-state index contributed by atoms with van der Waals surface area (Å²) < 4.78 is 7.58. The van der Waals surface area contributed by atoms with Crippen LogP contribution in [-0.4, -0.2) is 28.3 Å². The van der Waals surface area contributed by atoms with Crippen LogP contribution >= 0.6 is 0 Å². The van der Waals surface area contributed by atoms with Crippen molar-refractivity contribution >= 4 is 5.91 Å². The zero-order chi connectivity index (χ0) is 16.2. The molecule has 2 heterocycles. The highest BCUT2D eigenvalue weighted by Gasteiger charge is 2.29. The Bertz CT molecular complexity index is 730. The number of nitrogens with zero attached hydrogens (tertiary/aromatic N) is 3. The van der Waals surface area contributed by atoms with Gasteiger partial charge in [0.15, 0.2) is 0 Å². The van der Waals surface area contributed by atoms with E-state index in [-0.39, 0.29) is 18.1 Å². The van der Waals surface area contributed by atoms with Gasteiger partial charge in [-0.2, -0.15) is 10.4 Å². The van der Waals surface area contributed by atoms with Crippen LogP contribution in [0.4, 0.5) is 0 Å². The Morgan fingerprint density at radius 1 is 1.43 bits per heavy atom. The summed E-state index contributed by atoms with van der Waals surface area (Å²) in [6, 6.07) is 8.57. The van der Waals surface area contributed by atoms with Gasteiger partial charge in [0.2, 0.25) is 0 Å². The Hall–Kier alpha value is -2.65. The summed E-state index contributed by atoms with van der Waals surface area (Å²) in [5, 5.41) is 16.0.